The first-order chi connectivity index (χ1) is 9.68. The molecule has 21 heavy (non-hydrogen) atoms. The first kappa shape index (κ1) is 17.2. The van der Waals surface area contributed by atoms with Crippen LogP contribution in [0.3, 0.4) is 0 Å². The van der Waals surface area contributed by atoms with E-state index in [-0.39, 0.29) is 22.8 Å². The number of hydrogen-bond donors (Lipinski definition) is 1. The first-order valence-electron chi connectivity index (χ1n) is 8.89. The molecule has 2 aliphatic rings. The van der Waals surface area contributed by atoms with E-state index in [9.17, 15) is 0 Å². The van der Waals surface area contributed by atoms with Crippen LogP contribution in [0.5, 0.6) is 0 Å². The van der Waals surface area contributed by atoms with Gasteiger partial charge in [-0.2, -0.15) is 0 Å². The molecule has 0 aromatic rings. The molecule has 0 aromatic carbocycles. The molecule has 2 unspecified atom stereocenters. The smallest absolute Gasteiger partial charge is 0.0678 e. The van der Waals surface area contributed by atoms with Crippen LogP contribution < -0.4 is 5.73 Å². The Balaban J connectivity index is 2.28. The molecule has 0 saturated carbocycles. The maximum atomic E-state index is 6.93. The largest absolute Gasteiger partial charge is 0.369 e. The Morgan fingerprint density at radius 1 is 1.14 bits per heavy atom. The molecule has 2 heterocycles. The van der Waals surface area contributed by atoms with Gasteiger partial charge in [-0.05, 0) is 72.9 Å². The third-order valence-electron chi connectivity index (χ3n) is 6.16. The fraction of sp³-hybridized carbons (Fsp3) is 1.00. The normalized spacial score (nSPS) is 30.7. The number of rotatable bonds is 5. The molecule has 2 N–H and O–H groups in total. The molecule has 0 bridgehead atoms. The van der Waals surface area contributed by atoms with Crippen molar-refractivity contribution in [3.8, 4) is 0 Å². The Morgan fingerprint density at radius 3 is 2.05 bits per heavy atom. The molecule has 2 atom stereocenters. The highest BCUT2D eigenvalue weighted by Gasteiger charge is 2.54. The summed E-state index contributed by atoms with van der Waals surface area (Å²) in [6.45, 7) is 15.9. The summed E-state index contributed by atoms with van der Waals surface area (Å²) in [5.74, 6) is 0.424. The Labute approximate surface area is 131 Å². The van der Waals surface area contributed by atoms with Crippen molar-refractivity contribution in [3.05, 3.63) is 0 Å². The molecule has 2 saturated heterocycles. The van der Waals surface area contributed by atoms with Crippen molar-refractivity contribution < 1.29 is 4.74 Å². The predicted octanol–water partition coefficient (Wildman–Crippen LogP) is 3.56. The molecule has 2 rings (SSSR count). The zero-order valence-electron chi connectivity index (χ0n) is 15.0. The first-order valence-corrected chi connectivity index (χ1v) is 8.89. The lowest BCUT2D eigenvalue weighted by atomic mass is 9.70. The van der Waals surface area contributed by atoms with E-state index in [1.54, 1.807) is 0 Å². The molecule has 2 fully saturated rings. The monoisotopic (exact) mass is 296 g/mol. The average molecular weight is 296 g/mol. The Bertz CT molecular complexity index is 354. The Hall–Kier alpha value is -0.120. The highest BCUT2D eigenvalue weighted by Crippen LogP contribution is 2.47. The fourth-order valence-electron chi connectivity index (χ4n) is 5.08. The van der Waals surface area contributed by atoms with Gasteiger partial charge in [-0.3, -0.25) is 4.90 Å². The van der Waals surface area contributed by atoms with Gasteiger partial charge in [0.1, 0.15) is 0 Å². The van der Waals surface area contributed by atoms with Crippen LogP contribution in [0.25, 0.3) is 0 Å². The van der Waals surface area contributed by atoms with Crippen molar-refractivity contribution in [3.63, 3.8) is 0 Å². The topological polar surface area (TPSA) is 38.5 Å². The lowest BCUT2D eigenvalue weighted by Gasteiger charge is -2.49. The summed E-state index contributed by atoms with van der Waals surface area (Å²) >= 11 is 0. The van der Waals surface area contributed by atoms with Gasteiger partial charge >= 0.3 is 0 Å². The van der Waals surface area contributed by atoms with Crippen LogP contribution in [0, 0.1) is 5.92 Å². The molecular weight excluding hydrogens is 260 g/mol. The summed E-state index contributed by atoms with van der Waals surface area (Å²) in [4.78, 5) is 2.68. The summed E-state index contributed by atoms with van der Waals surface area (Å²) in [5.41, 5.74) is 6.90. The SMILES string of the molecule is CCC(CC)(C(N)C1CC(C)(C)OC1(C)C)N1CCCC1. The summed E-state index contributed by atoms with van der Waals surface area (Å²) in [6.07, 6.45) is 5.99. The number of nitrogens with zero attached hydrogens (tertiary/aromatic N) is 1. The van der Waals surface area contributed by atoms with Crippen molar-refractivity contribution in [2.45, 2.75) is 96.4 Å². The van der Waals surface area contributed by atoms with E-state index < -0.39 is 0 Å². The van der Waals surface area contributed by atoms with E-state index in [1.807, 2.05) is 0 Å². The number of likely N-dealkylation sites (tertiary alicyclic amines) is 1. The predicted molar refractivity (Wildman–Crippen MR) is 89.4 cm³/mol. The second-order valence-corrected chi connectivity index (χ2v) is 8.31. The number of ether oxygens (including phenoxy) is 1. The second-order valence-electron chi connectivity index (χ2n) is 8.31. The van der Waals surface area contributed by atoms with Crippen molar-refractivity contribution in [2.75, 3.05) is 13.1 Å². The van der Waals surface area contributed by atoms with Gasteiger partial charge in [-0.1, -0.05) is 13.8 Å². The molecule has 3 heteroatoms. The summed E-state index contributed by atoms with van der Waals surface area (Å²) in [6, 6.07) is 0.183. The summed E-state index contributed by atoms with van der Waals surface area (Å²) in [5, 5.41) is 0. The minimum absolute atomic E-state index is 0.0516. The Morgan fingerprint density at radius 2 is 1.67 bits per heavy atom. The van der Waals surface area contributed by atoms with Gasteiger partial charge < -0.3 is 10.5 Å². The van der Waals surface area contributed by atoms with Gasteiger partial charge in [0.05, 0.1) is 11.2 Å². The third-order valence-corrected chi connectivity index (χ3v) is 6.16. The highest BCUT2D eigenvalue weighted by atomic mass is 16.5. The van der Waals surface area contributed by atoms with E-state index in [2.05, 4.69) is 46.4 Å². The van der Waals surface area contributed by atoms with Crippen LogP contribution in [0.2, 0.25) is 0 Å². The van der Waals surface area contributed by atoms with Crippen molar-refractivity contribution in [2.24, 2.45) is 11.7 Å². The zero-order chi connectivity index (χ0) is 15.9. The standard InChI is InChI=1S/C18H36N2O/c1-7-18(8-2,20-11-9-10-12-20)15(19)14-13-16(3,4)21-17(14,5)6/h14-15H,7-13,19H2,1-6H3. The van der Waals surface area contributed by atoms with Gasteiger partial charge in [-0.15, -0.1) is 0 Å². The highest BCUT2D eigenvalue weighted by molar-refractivity contribution is 5.08. The zero-order valence-corrected chi connectivity index (χ0v) is 15.0. The maximum absolute atomic E-state index is 6.93. The molecule has 0 amide bonds. The fourth-order valence-corrected chi connectivity index (χ4v) is 5.08. The van der Waals surface area contributed by atoms with E-state index in [0.717, 1.165) is 19.3 Å². The van der Waals surface area contributed by atoms with E-state index in [1.165, 1.54) is 25.9 Å². The molecule has 0 spiro atoms. The van der Waals surface area contributed by atoms with Gasteiger partial charge in [0.15, 0.2) is 0 Å². The van der Waals surface area contributed by atoms with Crippen LogP contribution in [-0.4, -0.2) is 40.8 Å². The van der Waals surface area contributed by atoms with Gasteiger partial charge in [0.25, 0.3) is 0 Å². The van der Waals surface area contributed by atoms with Gasteiger partial charge in [-0.25, -0.2) is 0 Å². The quantitative estimate of drug-likeness (QED) is 0.843. The number of nitrogens with two attached hydrogens (primary N) is 1. The average Bonchev–Trinajstić information content (AvgIpc) is 2.97. The lowest BCUT2D eigenvalue weighted by Crippen LogP contribution is -2.63. The van der Waals surface area contributed by atoms with Crippen molar-refractivity contribution >= 4 is 0 Å². The molecule has 2 aliphatic heterocycles. The van der Waals surface area contributed by atoms with Crippen LogP contribution in [0.1, 0.15) is 73.6 Å². The third kappa shape index (κ3) is 3.02. The minimum Gasteiger partial charge on any atom is -0.369 e. The van der Waals surface area contributed by atoms with Gasteiger partial charge in [0.2, 0.25) is 0 Å². The van der Waals surface area contributed by atoms with E-state index in [4.69, 9.17) is 10.5 Å². The number of hydrogen-bond acceptors (Lipinski definition) is 3. The molecule has 0 radical (unpaired) electrons. The lowest BCUT2D eigenvalue weighted by molar-refractivity contribution is -0.0837. The summed E-state index contributed by atoms with van der Waals surface area (Å²) in [7, 11) is 0. The maximum Gasteiger partial charge on any atom is 0.0678 e. The van der Waals surface area contributed by atoms with E-state index in [0.29, 0.717) is 5.92 Å². The second kappa shape index (κ2) is 5.82. The Kier molecular flexibility index (Phi) is 4.78. The molecular formula is C18H36N2O. The van der Waals surface area contributed by atoms with Crippen LogP contribution in [-0.2, 0) is 4.74 Å². The van der Waals surface area contributed by atoms with Crippen LogP contribution in [0.15, 0.2) is 0 Å². The van der Waals surface area contributed by atoms with E-state index >= 15 is 0 Å². The van der Waals surface area contributed by atoms with Crippen molar-refractivity contribution in [1.82, 2.24) is 4.90 Å². The molecule has 3 nitrogen and oxygen atoms in total. The van der Waals surface area contributed by atoms with Crippen molar-refractivity contribution in [1.29, 1.82) is 0 Å². The minimum atomic E-state index is -0.127. The molecule has 0 aromatic heterocycles. The molecule has 124 valence electrons. The van der Waals surface area contributed by atoms with Crippen LogP contribution in [0.4, 0.5) is 0 Å². The van der Waals surface area contributed by atoms with Crippen LogP contribution >= 0.6 is 0 Å². The molecule has 0 aliphatic carbocycles. The van der Waals surface area contributed by atoms with Gasteiger partial charge in [0, 0.05) is 17.5 Å². The summed E-state index contributed by atoms with van der Waals surface area (Å²) < 4.78 is 6.32.